The maximum absolute atomic E-state index is 13.0. The fourth-order valence-corrected chi connectivity index (χ4v) is 4.40. The summed E-state index contributed by atoms with van der Waals surface area (Å²) in [5, 5.41) is 12.1. The molecule has 1 fully saturated rings. The number of ether oxygens (including phenoxy) is 1. The quantitative estimate of drug-likeness (QED) is 0.428. The summed E-state index contributed by atoms with van der Waals surface area (Å²) in [6.07, 6.45) is 3.61. The van der Waals surface area contributed by atoms with Gasteiger partial charge in [-0.25, -0.2) is 9.50 Å². The molecule has 4 heterocycles. The molecule has 1 N–H and O–H groups in total. The number of anilines is 1. The van der Waals surface area contributed by atoms with E-state index in [1.54, 1.807) is 16.8 Å². The van der Waals surface area contributed by atoms with Crippen LogP contribution in [-0.2, 0) is 17.8 Å². The number of amides is 1. The van der Waals surface area contributed by atoms with E-state index in [-0.39, 0.29) is 5.91 Å². The summed E-state index contributed by atoms with van der Waals surface area (Å²) in [4.78, 5) is 19.7. The molecule has 1 saturated heterocycles. The highest BCUT2D eigenvalue weighted by atomic mass is 79.9. The summed E-state index contributed by atoms with van der Waals surface area (Å²) in [5.74, 6) is -0.284. The van der Waals surface area contributed by atoms with E-state index in [1.165, 1.54) is 0 Å². The molecule has 10 heteroatoms. The molecule has 0 spiro atoms. The molecule has 1 amide bonds. The molecule has 0 radical (unpaired) electrons. The Balaban J connectivity index is 1.37. The number of carbonyl (C=O) groups is 1. The Bertz CT molecular complexity index is 1290. The minimum Gasteiger partial charge on any atom is -0.379 e. The molecule has 1 aliphatic heterocycles. The molecule has 9 nitrogen and oxygen atoms in total. The number of hydrogen-bond donors (Lipinski definition) is 1. The number of carbonyl (C=O) groups excluding carboxylic acids is 1. The standard InChI is InChI=1S/C23H24BrN7O2/c1-2-30-15-18(24)22(28-30)20-6-7-25-21-13-19(27-31(20)21)23(32)26-17-5-3-4-16(12-17)14-29-8-10-33-11-9-29/h3-7,12-13,15H,2,8-11,14H2,1H3,(H,26,32). The van der Waals surface area contributed by atoms with Gasteiger partial charge in [-0.3, -0.25) is 14.4 Å². The van der Waals surface area contributed by atoms with Crippen molar-refractivity contribution in [3.8, 4) is 11.4 Å². The Morgan fingerprint density at radius 2 is 2.03 bits per heavy atom. The minimum atomic E-state index is -0.284. The SMILES string of the molecule is CCn1cc(Br)c(-c2ccnc3cc(C(=O)Nc4cccc(CN5CCOCC5)c4)nn23)n1. The number of nitrogens with one attached hydrogen (secondary N) is 1. The summed E-state index contributed by atoms with van der Waals surface area (Å²) < 4.78 is 9.76. The lowest BCUT2D eigenvalue weighted by atomic mass is 10.1. The number of halogens is 1. The van der Waals surface area contributed by atoms with E-state index in [0.717, 1.165) is 66.5 Å². The monoisotopic (exact) mass is 509 g/mol. The first-order chi connectivity index (χ1) is 16.1. The van der Waals surface area contributed by atoms with Gasteiger partial charge in [-0.2, -0.15) is 10.2 Å². The van der Waals surface area contributed by atoms with Gasteiger partial charge < -0.3 is 10.1 Å². The zero-order valence-electron chi connectivity index (χ0n) is 18.2. The molecule has 1 aliphatic rings. The largest absolute Gasteiger partial charge is 0.379 e. The fourth-order valence-electron chi connectivity index (χ4n) is 3.88. The first-order valence-electron chi connectivity index (χ1n) is 10.9. The van der Waals surface area contributed by atoms with Crippen molar-refractivity contribution in [2.45, 2.75) is 20.0 Å². The van der Waals surface area contributed by atoms with Crippen LogP contribution in [0, 0.1) is 0 Å². The molecule has 0 saturated carbocycles. The van der Waals surface area contributed by atoms with Crippen LogP contribution < -0.4 is 5.32 Å². The third-order valence-corrected chi connectivity index (χ3v) is 6.15. The molecule has 0 bridgehead atoms. The van der Waals surface area contributed by atoms with E-state index >= 15 is 0 Å². The van der Waals surface area contributed by atoms with Crippen molar-refractivity contribution in [3.05, 3.63) is 64.5 Å². The highest BCUT2D eigenvalue weighted by Gasteiger charge is 2.18. The van der Waals surface area contributed by atoms with Crippen LogP contribution in [0.3, 0.4) is 0 Å². The average Bonchev–Trinajstić information content (AvgIpc) is 3.43. The number of nitrogens with zero attached hydrogens (tertiary/aromatic N) is 6. The van der Waals surface area contributed by atoms with Crippen LogP contribution in [0.15, 0.2) is 53.3 Å². The Labute approximate surface area is 199 Å². The number of benzene rings is 1. The van der Waals surface area contributed by atoms with Gasteiger partial charge in [-0.1, -0.05) is 12.1 Å². The third-order valence-electron chi connectivity index (χ3n) is 5.57. The van der Waals surface area contributed by atoms with Crippen molar-refractivity contribution in [1.29, 1.82) is 0 Å². The maximum atomic E-state index is 13.0. The van der Waals surface area contributed by atoms with E-state index in [4.69, 9.17) is 4.74 Å². The molecule has 4 aromatic rings. The zero-order valence-corrected chi connectivity index (χ0v) is 19.8. The molecule has 0 aliphatic carbocycles. The van der Waals surface area contributed by atoms with Crippen LogP contribution in [0.2, 0.25) is 0 Å². The molecular formula is C23H24BrN7O2. The number of morpholine rings is 1. The van der Waals surface area contributed by atoms with Crippen molar-refractivity contribution in [2.24, 2.45) is 0 Å². The molecule has 5 rings (SSSR count). The van der Waals surface area contributed by atoms with Crippen LogP contribution in [0.5, 0.6) is 0 Å². The van der Waals surface area contributed by atoms with Crippen LogP contribution in [0.25, 0.3) is 17.0 Å². The second-order valence-electron chi connectivity index (χ2n) is 7.85. The lowest BCUT2D eigenvalue weighted by molar-refractivity contribution is 0.0342. The van der Waals surface area contributed by atoms with Crippen molar-refractivity contribution >= 4 is 33.2 Å². The highest BCUT2D eigenvalue weighted by molar-refractivity contribution is 9.10. The van der Waals surface area contributed by atoms with Crippen molar-refractivity contribution in [3.63, 3.8) is 0 Å². The zero-order chi connectivity index (χ0) is 22.8. The Morgan fingerprint density at radius 1 is 1.18 bits per heavy atom. The molecule has 33 heavy (non-hydrogen) atoms. The maximum Gasteiger partial charge on any atom is 0.276 e. The minimum absolute atomic E-state index is 0.284. The Hall–Kier alpha value is -3.08. The van der Waals surface area contributed by atoms with Crippen LogP contribution in [-0.4, -0.2) is 61.5 Å². The second-order valence-corrected chi connectivity index (χ2v) is 8.71. The predicted molar refractivity (Wildman–Crippen MR) is 128 cm³/mol. The Morgan fingerprint density at radius 3 is 2.82 bits per heavy atom. The van der Waals surface area contributed by atoms with Crippen LogP contribution in [0.1, 0.15) is 23.0 Å². The fraction of sp³-hybridized carbons (Fsp3) is 0.304. The molecule has 1 aromatic carbocycles. The van der Waals surface area contributed by atoms with Crippen LogP contribution >= 0.6 is 15.9 Å². The third kappa shape index (κ3) is 4.68. The first-order valence-corrected chi connectivity index (χ1v) is 11.7. The van der Waals surface area contributed by atoms with Crippen molar-refractivity contribution in [1.82, 2.24) is 29.3 Å². The molecule has 0 unspecified atom stereocenters. The van der Waals surface area contributed by atoms with E-state index in [9.17, 15) is 4.79 Å². The summed E-state index contributed by atoms with van der Waals surface area (Å²) >= 11 is 3.57. The summed E-state index contributed by atoms with van der Waals surface area (Å²) in [7, 11) is 0. The second kappa shape index (κ2) is 9.42. The van der Waals surface area contributed by atoms with E-state index in [0.29, 0.717) is 11.3 Å². The first kappa shape index (κ1) is 21.7. The van der Waals surface area contributed by atoms with Gasteiger partial charge in [0.1, 0.15) is 5.69 Å². The van der Waals surface area contributed by atoms with Gasteiger partial charge in [0.05, 0.1) is 23.4 Å². The van der Waals surface area contributed by atoms with Gasteiger partial charge in [0.25, 0.3) is 5.91 Å². The number of rotatable bonds is 6. The number of hydrogen-bond acceptors (Lipinski definition) is 6. The van der Waals surface area contributed by atoms with Gasteiger partial charge in [-0.15, -0.1) is 0 Å². The van der Waals surface area contributed by atoms with Gasteiger partial charge in [0.2, 0.25) is 0 Å². The van der Waals surface area contributed by atoms with E-state index in [2.05, 4.69) is 47.4 Å². The van der Waals surface area contributed by atoms with Gasteiger partial charge in [-0.05, 0) is 46.6 Å². The lowest BCUT2D eigenvalue weighted by Crippen LogP contribution is -2.35. The average molecular weight is 510 g/mol. The molecular weight excluding hydrogens is 486 g/mol. The van der Waals surface area contributed by atoms with Gasteiger partial charge in [0.15, 0.2) is 11.3 Å². The lowest BCUT2D eigenvalue weighted by Gasteiger charge is -2.26. The summed E-state index contributed by atoms with van der Waals surface area (Å²) in [5.41, 5.74) is 4.25. The molecule has 0 atom stereocenters. The molecule has 3 aromatic heterocycles. The van der Waals surface area contributed by atoms with Crippen molar-refractivity contribution < 1.29 is 9.53 Å². The van der Waals surface area contributed by atoms with Gasteiger partial charge >= 0.3 is 0 Å². The van der Waals surface area contributed by atoms with Crippen LogP contribution in [0.4, 0.5) is 5.69 Å². The summed E-state index contributed by atoms with van der Waals surface area (Å²) in [6.45, 7) is 6.96. The Kier molecular flexibility index (Phi) is 6.21. The van der Waals surface area contributed by atoms with E-state index in [1.807, 2.05) is 42.1 Å². The van der Waals surface area contributed by atoms with Gasteiger partial charge in [0, 0.05) is 50.3 Å². The number of fused-ring (bicyclic) bond motifs is 1. The smallest absolute Gasteiger partial charge is 0.276 e. The topological polar surface area (TPSA) is 89.6 Å². The van der Waals surface area contributed by atoms with Crippen molar-refractivity contribution in [2.75, 3.05) is 31.6 Å². The molecule has 170 valence electrons. The van der Waals surface area contributed by atoms with E-state index < -0.39 is 0 Å². The highest BCUT2D eigenvalue weighted by Crippen LogP contribution is 2.27. The number of aromatic nitrogens is 5. The predicted octanol–water partition coefficient (Wildman–Crippen LogP) is 3.46. The normalized spacial score (nSPS) is 14.6. The number of aryl methyl sites for hydroxylation is 1. The summed E-state index contributed by atoms with van der Waals surface area (Å²) in [6, 6.07) is 11.4.